The summed E-state index contributed by atoms with van der Waals surface area (Å²) in [6.07, 6.45) is 3.49. The first-order chi connectivity index (χ1) is 13.0. The van der Waals surface area contributed by atoms with Crippen LogP contribution in [0, 0.1) is 0 Å². The molecule has 1 aliphatic heterocycles. The lowest BCUT2D eigenvalue weighted by Crippen LogP contribution is -2.51. The molecule has 0 radical (unpaired) electrons. The average Bonchev–Trinajstić information content (AvgIpc) is 3.05. The van der Waals surface area contributed by atoms with Crippen molar-refractivity contribution in [3.63, 3.8) is 0 Å². The lowest BCUT2D eigenvalue weighted by atomic mass is 10.1. The lowest BCUT2D eigenvalue weighted by Gasteiger charge is -2.37. The molecule has 27 heavy (non-hydrogen) atoms. The summed E-state index contributed by atoms with van der Waals surface area (Å²) in [5.41, 5.74) is 2.25. The van der Waals surface area contributed by atoms with Gasteiger partial charge < -0.3 is 14.4 Å². The first-order valence-electron chi connectivity index (χ1n) is 8.86. The Kier molecular flexibility index (Phi) is 4.84. The van der Waals surface area contributed by atoms with Gasteiger partial charge in [-0.25, -0.2) is 4.98 Å². The molecule has 1 atom stereocenters. The van der Waals surface area contributed by atoms with Gasteiger partial charge in [0.2, 0.25) is 0 Å². The number of benzene rings is 1. The molecule has 2 aromatic heterocycles. The Balaban J connectivity index is 1.81. The third-order valence-electron chi connectivity index (χ3n) is 5.25. The standard InChI is InChI=1S/C20H20Cl2N4O/c1-13-11-25(10-9-24(13)2)20(27)17-12-26(15-5-3-14(21)4-6-15)18-16(17)7-8-23-19(18)22/h3-8,12-13H,9-11H2,1-2H3. The minimum absolute atomic E-state index is 0.0231. The molecule has 1 amide bonds. The number of aromatic nitrogens is 2. The number of likely N-dealkylation sites (N-methyl/N-ethyl adjacent to an activating group) is 1. The van der Waals surface area contributed by atoms with E-state index in [0.29, 0.717) is 34.9 Å². The molecule has 0 N–H and O–H groups in total. The second-order valence-electron chi connectivity index (χ2n) is 6.97. The van der Waals surface area contributed by atoms with Gasteiger partial charge in [-0.15, -0.1) is 0 Å². The van der Waals surface area contributed by atoms with Crippen molar-refractivity contribution in [2.24, 2.45) is 0 Å². The van der Waals surface area contributed by atoms with Gasteiger partial charge in [0.05, 0.1) is 11.1 Å². The lowest BCUT2D eigenvalue weighted by molar-refractivity contribution is 0.0574. The van der Waals surface area contributed by atoms with E-state index in [2.05, 4.69) is 23.9 Å². The quantitative estimate of drug-likeness (QED) is 0.605. The van der Waals surface area contributed by atoms with E-state index in [4.69, 9.17) is 23.2 Å². The molecule has 0 spiro atoms. The van der Waals surface area contributed by atoms with Crippen LogP contribution in [0.2, 0.25) is 10.2 Å². The summed E-state index contributed by atoms with van der Waals surface area (Å²) in [6, 6.07) is 9.61. The Morgan fingerprint density at radius 1 is 1.15 bits per heavy atom. The van der Waals surface area contributed by atoms with E-state index in [9.17, 15) is 4.79 Å². The number of piperazine rings is 1. The number of carbonyl (C=O) groups is 1. The number of nitrogens with zero attached hydrogens (tertiary/aromatic N) is 4. The molecular formula is C20H20Cl2N4O. The minimum atomic E-state index is 0.0231. The van der Waals surface area contributed by atoms with Gasteiger partial charge in [-0.3, -0.25) is 4.79 Å². The maximum absolute atomic E-state index is 13.3. The number of amides is 1. The molecular weight excluding hydrogens is 383 g/mol. The molecule has 1 unspecified atom stereocenters. The Morgan fingerprint density at radius 2 is 1.89 bits per heavy atom. The zero-order valence-corrected chi connectivity index (χ0v) is 16.7. The molecule has 1 saturated heterocycles. The summed E-state index contributed by atoms with van der Waals surface area (Å²) in [6.45, 7) is 4.43. The van der Waals surface area contributed by atoms with E-state index in [1.807, 2.05) is 46.0 Å². The van der Waals surface area contributed by atoms with E-state index in [-0.39, 0.29) is 5.91 Å². The zero-order chi connectivity index (χ0) is 19.1. The van der Waals surface area contributed by atoms with E-state index < -0.39 is 0 Å². The number of hydrogen-bond acceptors (Lipinski definition) is 3. The Morgan fingerprint density at radius 3 is 2.59 bits per heavy atom. The molecule has 1 aliphatic rings. The highest BCUT2D eigenvalue weighted by molar-refractivity contribution is 6.34. The van der Waals surface area contributed by atoms with Crippen LogP contribution >= 0.6 is 23.2 Å². The van der Waals surface area contributed by atoms with E-state index in [1.54, 1.807) is 6.20 Å². The Bertz CT molecular complexity index is 999. The van der Waals surface area contributed by atoms with Crippen LogP contribution in [-0.4, -0.2) is 58.0 Å². The Labute approximate surface area is 168 Å². The molecule has 0 saturated carbocycles. The molecule has 140 valence electrons. The van der Waals surface area contributed by atoms with Crippen LogP contribution in [0.4, 0.5) is 0 Å². The predicted molar refractivity (Wildman–Crippen MR) is 109 cm³/mol. The van der Waals surface area contributed by atoms with Crippen molar-refractivity contribution >= 4 is 40.0 Å². The molecule has 4 rings (SSSR count). The SMILES string of the molecule is CC1CN(C(=O)c2cn(-c3ccc(Cl)cc3)c3c(Cl)nccc23)CCN1C. The van der Waals surface area contributed by atoms with Crippen molar-refractivity contribution in [2.75, 3.05) is 26.7 Å². The van der Waals surface area contributed by atoms with Gasteiger partial charge >= 0.3 is 0 Å². The highest BCUT2D eigenvalue weighted by Gasteiger charge is 2.28. The third kappa shape index (κ3) is 3.31. The van der Waals surface area contributed by atoms with Crippen molar-refractivity contribution in [1.82, 2.24) is 19.4 Å². The summed E-state index contributed by atoms with van der Waals surface area (Å²) in [5.74, 6) is 0.0231. The summed E-state index contributed by atoms with van der Waals surface area (Å²) >= 11 is 12.4. The highest BCUT2D eigenvalue weighted by atomic mass is 35.5. The van der Waals surface area contributed by atoms with Crippen molar-refractivity contribution in [2.45, 2.75) is 13.0 Å². The molecule has 7 heteroatoms. The number of carbonyl (C=O) groups excluding carboxylic acids is 1. The summed E-state index contributed by atoms with van der Waals surface area (Å²) < 4.78 is 1.91. The van der Waals surface area contributed by atoms with Crippen molar-refractivity contribution in [3.05, 3.63) is 58.5 Å². The fourth-order valence-corrected chi connectivity index (χ4v) is 3.89. The fraction of sp³-hybridized carbons (Fsp3) is 0.300. The zero-order valence-electron chi connectivity index (χ0n) is 15.2. The van der Waals surface area contributed by atoms with Gasteiger partial charge in [0.15, 0.2) is 5.15 Å². The van der Waals surface area contributed by atoms with Crippen molar-refractivity contribution < 1.29 is 4.79 Å². The van der Waals surface area contributed by atoms with Crippen LogP contribution in [0.1, 0.15) is 17.3 Å². The highest BCUT2D eigenvalue weighted by Crippen LogP contribution is 2.30. The molecule has 0 bridgehead atoms. The van der Waals surface area contributed by atoms with E-state index >= 15 is 0 Å². The van der Waals surface area contributed by atoms with Crippen LogP contribution in [0.5, 0.6) is 0 Å². The summed E-state index contributed by atoms with van der Waals surface area (Å²) in [4.78, 5) is 21.7. The molecule has 3 aromatic rings. The van der Waals surface area contributed by atoms with Crippen molar-refractivity contribution in [1.29, 1.82) is 0 Å². The van der Waals surface area contributed by atoms with E-state index in [0.717, 1.165) is 23.1 Å². The smallest absolute Gasteiger partial charge is 0.256 e. The second kappa shape index (κ2) is 7.15. The minimum Gasteiger partial charge on any atom is -0.336 e. The van der Waals surface area contributed by atoms with Gasteiger partial charge in [0.25, 0.3) is 5.91 Å². The number of rotatable bonds is 2. The van der Waals surface area contributed by atoms with Crippen molar-refractivity contribution in [3.8, 4) is 5.69 Å². The molecule has 0 aliphatic carbocycles. The van der Waals surface area contributed by atoms with Crippen LogP contribution in [0.15, 0.2) is 42.7 Å². The van der Waals surface area contributed by atoms with Crippen LogP contribution < -0.4 is 0 Å². The largest absolute Gasteiger partial charge is 0.336 e. The molecule has 1 fully saturated rings. The Hall–Kier alpha value is -2.08. The summed E-state index contributed by atoms with van der Waals surface area (Å²) in [5, 5.41) is 1.83. The number of pyridine rings is 1. The monoisotopic (exact) mass is 402 g/mol. The average molecular weight is 403 g/mol. The maximum atomic E-state index is 13.3. The maximum Gasteiger partial charge on any atom is 0.256 e. The number of hydrogen-bond donors (Lipinski definition) is 0. The number of fused-ring (bicyclic) bond motifs is 1. The second-order valence-corrected chi connectivity index (χ2v) is 7.76. The van der Waals surface area contributed by atoms with Gasteiger partial charge in [0.1, 0.15) is 0 Å². The van der Waals surface area contributed by atoms with Gasteiger partial charge in [0, 0.05) is 54.2 Å². The summed E-state index contributed by atoms with van der Waals surface area (Å²) in [7, 11) is 2.09. The normalized spacial score (nSPS) is 18.2. The third-order valence-corrected chi connectivity index (χ3v) is 5.78. The van der Waals surface area contributed by atoms with Gasteiger partial charge in [-0.05, 0) is 44.3 Å². The topological polar surface area (TPSA) is 41.4 Å². The van der Waals surface area contributed by atoms with Crippen LogP contribution in [0.3, 0.4) is 0 Å². The predicted octanol–water partition coefficient (Wildman–Crippen LogP) is 4.11. The number of halogens is 2. The first kappa shape index (κ1) is 18.3. The van der Waals surface area contributed by atoms with Crippen LogP contribution in [-0.2, 0) is 0 Å². The van der Waals surface area contributed by atoms with E-state index in [1.165, 1.54) is 0 Å². The molecule has 1 aromatic carbocycles. The molecule has 3 heterocycles. The van der Waals surface area contributed by atoms with Gasteiger partial charge in [-0.2, -0.15) is 0 Å². The van der Waals surface area contributed by atoms with Gasteiger partial charge in [-0.1, -0.05) is 23.2 Å². The fourth-order valence-electron chi connectivity index (χ4n) is 3.52. The first-order valence-corrected chi connectivity index (χ1v) is 9.62. The molecule has 5 nitrogen and oxygen atoms in total. The van der Waals surface area contributed by atoms with Crippen LogP contribution in [0.25, 0.3) is 16.6 Å².